The maximum Gasteiger partial charge on any atom is 0.226 e. The molecule has 1 aromatic carbocycles. The first kappa shape index (κ1) is 22.2. The predicted molar refractivity (Wildman–Crippen MR) is 109 cm³/mol. The molecule has 1 unspecified atom stereocenters. The van der Waals surface area contributed by atoms with Crippen molar-refractivity contribution in [1.82, 2.24) is 5.32 Å². The number of rotatable bonds is 11. The van der Waals surface area contributed by atoms with Crippen molar-refractivity contribution >= 4 is 17.5 Å². The summed E-state index contributed by atoms with van der Waals surface area (Å²) in [6, 6.07) is 5.97. The Labute approximate surface area is 159 Å². The third-order valence-corrected chi connectivity index (χ3v) is 4.79. The van der Waals surface area contributed by atoms with E-state index in [2.05, 4.69) is 30.5 Å². The number of unbranched alkanes of at least 4 members (excludes halogenated alkanes) is 3. The van der Waals surface area contributed by atoms with Gasteiger partial charge in [0.2, 0.25) is 11.8 Å². The minimum Gasteiger partial charge on any atom is -0.353 e. The maximum atomic E-state index is 12.5. The summed E-state index contributed by atoms with van der Waals surface area (Å²) in [6.45, 7) is 10.4. The highest BCUT2D eigenvalue weighted by Gasteiger charge is 2.20. The number of aryl methyl sites for hydroxylation is 2. The van der Waals surface area contributed by atoms with E-state index in [1.54, 1.807) is 0 Å². The van der Waals surface area contributed by atoms with Gasteiger partial charge in [-0.25, -0.2) is 0 Å². The van der Waals surface area contributed by atoms with Gasteiger partial charge < -0.3 is 10.6 Å². The smallest absolute Gasteiger partial charge is 0.226 e. The fourth-order valence-electron chi connectivity index (χ4n) is 2.93. The highest BCUT2D eigenvalue weighted by Crippen LogP contribution is 2.18. The summed E-state index contributed by atoms with van der Waals surface area (Å²) in [5.41, 5.74) is 3.18. The van der Waals surface area contributed by atoms with Crippen LogP contribution in [0.4, 0.5) is 5.69 Å². The van der Waals surface area contributed by atoms with Crippen LogP contribution < -0.4 is 10.6 Å². The number of hydrogen-bond donors (Lipinski definition) is 2. The third-order valence-electron chi connectivity index (χ3n) is 4.79. The molecule has 2 amide bonds. The van der Waals surface area contributed by atoms with Gasteiger partial charge in [-0.2, -0.15) is 0 Å². The lowest BCUT2D eigenvalue weighted by Crippen LogP contribution is -2.41. The number of nitrogens with one attached hydrogen (secondary N) is 2. The summed E-state index contributed by atoms with van der Waals surface area (Å²) in [5, 5.41) is 6.03. The van der Waals surface area contributed by atoms with Crippen LogP contribution >= 0.6 is 0 Å². The van der Waals surface area contributed by atoms with Gasteiger partial charge in [0.05, 0.1) is 0 Å². The lowest BCUT2D eigenvalue weighted by Gasteiger charge is -2.22. The second-order valence-electron chi connectivity index (χ2n) is 7.48. The molecular formula is C22H36N2O2. The molecule has 0 radical (unpaired) electrons. The van der Waals surface area contributed by atoms with Crippen LogP contribution in [0, 0.1) is 12.8 Å². The first-order valence-corrected chi connectivity index (χ1v) is 10.1. The number of benzene rings is 1. The summed E-state index contributed by atoms with van der Waals surface area (Å²) in [6.07, 6.45) is 6.16. The van der Waals surface area contributed by atoms with E-state index in [0.717, 1.165) is 36.9 Å². The van der Waals surface area contributed by atoms with E-state index in [-0.39, 0.29) is 23.8 Å². The second kappa shape index (κ2) is 11.7. The number of amides is 2. The number of anilines is 1. The molecule has 0 bridgehead atoms. The first-order chi connectivity index (χ1) is 12.4. The van der Waals surface area contributed by atoms with Gasteiger partial charge in [0, 0.05) is 24.6 Å². The first-order valence-electron chi connectivity index (χ1n) is 10.1. The van der Waals surface area contributed by atoms with Gasteiger partial charge in [-0.1, -0.05) is 59.1 Å². The van der Waals surface area contributed by atoms with Crippen molar-refractivity contribution in [3.05, 3.63) is 29.3 Å². The molecule has 0 saturated heterocycles. The van der Waals surface area contributed by atoms with Crippen molar-refractivity contribution in [2.45, 2.75) is 85.6 Å². The zero-order valence-electron chi connectivity index (χ0n) is 17.2. The Morgan fingerprint density at radius 2 is 1.77 bits per heavy atom. The Morgan fingerprint density at radius 3 is 2.35 bits per heavy atom. The Hall–Kier alpha value is -1.84. The zero-order valence-corrected chi connectivity index (χ0v) is 17.2. The average molecular weight is 361 g/mol. The Balaban J connectivity index is 2.55. The van der Waals surface area contributed by atoms with Gasteiger partial charge in [0.25, 0.3) is 0 Å². The molecule has 4 nitrogen and oxygen atoms in total. The van der Waals surface area contributed by atoms with E-state index in [4.69, 9.17) is 0 Å². The summed E-state index contributed by atoms with van der Waals surface area (Å²) in [4.78, 5) is 24.6. The lowest BCUT2D eigenvalue weighted by molar-refractivity contribution is -0.122. The van der Waals surface area contributed by atoms with Gasteiger partial charge in [0.15, 0.2) is 0 Å². The molecule has 2 N–H and O–H groups in total. The van der Waals surface area contributed by atoms with E-state index in [1.807, 2.05) is 32.9 Å². The van der Waals surface area contributed by atoms with Gasteiger partial charge >= 0.3 is 0 Å². The summed E-state index contributed by atoms with van der Waals surface area (Å²) in [5.74, 6) is 0.210. The maximum absolute atomic E-state index is 12.5. The standard InChI is InChI=1S/C22H36N2O2/c1-6-8-9-10-11-21(25)24-20(16(3)4)15-22(26)23-19-13-12-18(7-2)14-17(19)5/h12-14,16,20H,6-11,15H2,1-5H3,(H,23,26)(H,24,25). The zero-order chi connectivity index (χ0) is 19.5. The largest absolute Gasteiger partial charge is 0.353 e. The summed E-state index contributed by atoms with van der Waals surface area (Å²) < 4.78 is 0. The monoisotopic (exact) mass is 360 g/mol. The van der Waals surface area contributed by atoms with Crippen LogP contribution in [0.2, 0.25) is 0 Å². The minimum absolute atomic E-state index is 0.0519. The Bertz CT molecular complexity index is 582. The lowest BCUT2D eigenvalue weighted by atomic mass is 9.99. The van der Waals surface area contributed by atoms with Crippen molar-refractivity contribution in [3.63, 3.8) is 0 Å². The van der Waals surface area contributed by atoms with E-state index >= 15 is 0 Å². The summed E-state index contributed by atoms with van der Waals surface area (Å²) in [7, 11) is 0. The molecule has 0 aliphatic rings. The normalized spacial score (nSPS) is 12.1. The van der Waals surface area contributed by atoms with E-state index in [0.29, 0.717) is 12.8 Å². The molecule has 146 valence electrons. The van der Waals surface area contributed by atoms with Crippen LogP contribution in [0.1, 0.15) is 77.3 Å². The Morgan fingerprint density at radius 1 is 1.04 bits per heavy atom. The number of carbonyl (C=O) groups excluding carboxylic acids is 2. The number of hydrogen-bond acceptors (Lipinski definition) is 2. The molecule has 0 aliphatic carbocycles. The Kier molecular flexibility index (Phi) is 10.0. The third kappa shape index (κ3) is 8.03. The van der Waals surface area contributed by atoms with Crippen LogP contribution in [0.15, 0.2) is 18.2 Å². The molecular weight excluding hydrogens is 324 g/mol. The van der Waals surface area contributed by atoms with Crippen molar-refractivity contribution in [1.29, 1.82) is 0 Å². The summed E-state index contributed by atoms with van der Waals surface area (Å²) >= 11 is 0. The topological polar surface area (TPSA) is 58.2 Å². The highest BCUT2D eigenvalue weighted by molar-refractivity contribution is 5.92. The number of carbonyl (C=O) groups is 2. The van der Waals surface area contributed by atoms with Crippen molar-refractivity contribution in [2.75, 3.05) is 5.32 Å². The van der Waals surface area contributed by atoms with Crippen LogP contribution in [0.25, 0.3) is 0 Å². The van der Waals surface area contributed by atoms with Crippen LogP contribution in [-0.2, 0) is 16.0 Å². The van der Waals surface area contributed by atoms with Crippen molar-refractivity contribution in [3.8, 4) is 0 Å². The van der Waals surface area contributed by atoms with Crippen LogP contribution in [-0.4, -0.2) is 17.9 Å². The van der Waals surface area contributed by atoms with E-state index < -0.39 is 0 Å². The molecule has 1 rings (SSSR count). The minimum atomic E-state index is -0.135. The van der Waals surface area contributed by atoms with E-state index in [1.165, 1.54) is 12.0 Å². The molecule has 1 aromatic rings. The van der Waals surface area contributed by atoms with Gasteiger partial charge in [-0.05, 0) is 42.9 Å². The quantitative estimate of drug-likeness (QED) is 0.546. The van der Waals surface area contributed by atoms with Crippen LogP contribution in [0.3, 0.4) is 0 Å². The predicted octanol–water partition coefficient (Wildman–Crippen LogP) is 5.00. The van der Waals surface area contributed by atoms with Crippen LogP contribution in [0.5, 0.6) is 0 Å². The fourth-order valence-corrected chi connectivity index (χ4v) is 2.93. The molecule has 0 saturated carbocycles. The molecule has 4 heteroatoms. The molecule has 26 heavy (non-hydrogen) atoms. The van der Waals surface area contributed by atoms with Crippen molar-refractivity contribution in [2.24, 2.45) is 5.92 Å². The van der Waals surface area contributed by atoms with Gasteiger partial charge in [-0.15, -0.1) is 0 Å². The molecule has 0 spiro atoms. The molecule has 0 aromatic heterocycles. The van der Waals surface area contributed by atoms with Gasteiger partial charge in [0.1, 0.15) is 0 Å². The average Bonchev–Trinajstić information content (AvgIpc) is 2.59. The second-order valence-corrected chi connectivity index (χ2v) is 7.48. The fraction of sp³-hybridized carbons (Fsp3) is 0.636. The SMILES string of the molecule is CCCCCCC(=O)NC(CC(=O)Nc1ccc(CC)cc1C)C(C)C. The highest BCUT2D eigenvalue weighted by atomic mass is 16.2. The molecule has 1 atom stereocenters. The van der Waals surface area contributed by atoms with Gasteiger partial charge in [-0.3, -0.25) is 9.59 Å². The molecule has 0 fully saturated rings. The molecule has 0 aliphatic heterocycles. The molecule has 0 heterocycles. The van der Waals surface area contributed by atoms with Crippen molar-refractivity contribution < 1.29 is 9.59 Å². The van der Waals surface area contributed by atoms with E-state index in [9.17, 15) is 9.59 Å².